The summed E-state index contributed by atoms with van der Waals surface area (Å²) in [6, 6.07) is 9.10. The summed E-state index contributed by atoms with van der Waals surface area (Å²) in [4.78, 5) is 25.2. The van der Waals surface area contributed by atoms with Crippen molar-refractivity contribution in [3.8, 4) is 0 Å². The van der Waals surface area contributed by atoms with Gasteiger partial charge in [-0.1, -0.05) is 69.1 Å². The number of hydrogen-bond donors (Lipinski definition) is 2. The van der Waals surface area contributed by atoms with Gasteiger partial charge in [0, 0.05) is 18.2 Å². The molecule has 0 saturated heterocycles. The van der Waals surface area contributed by atoms with Crippen LogP contribution in [0.3, 0.4) is 0 Å². The molecule has 2 N–H and O–H groups in total. The van der Waals surface area contributed by atoms with E-state index < -0.39 is 0 Å². The molecule has 2 amide bonds. The number of carbonyl (C=O) groups is 2. The van der Waals surface area contributed by atoms with E-state index in [0.717, 1.165) is 12.8 Å². The lowest BCUT2D eigenvalue weighted by atomic mass is 9.95. The lowest BCUT2D eigenvalue weighted by Gasteiger charge is -2.23. The van der Waals surface area contributed by atoms with E-state index in [0.29, 0.717) is 23.1 Å². The largest absolute Gasteiger partial charge is 0.353 e. The minimum atomic E-state index is -0.319. The number of nitrogens with one attached hydrogen (secondary N) is 2. The molecule has 1 aromatic heterocycles. The van der Waals surface area contributed by atoms with Crippen LogP contribution in [0.15, 0.2) is 48.1 Å². The number of carbonyl (C=O) groups excluding carboxylic acids is 2. The monoisotopic (exact) mass is 455 g/mol. The number of allylic oxidation sites excluding steroid dienone is 1. The summed E-state index contributed by atoms with van der Waals surface area (Å²) in [5.41, 5.74) is 0.599. The SMILES string of the molecule is C=CCn1c(SCC(=O)NC2CCCCC2)nnc1[C@H](NC(=O)c1ccccc1)C(C)C. The molecule has 1 saturated carbocycles. The van der Waals surface area contributed by atoms with Gasteiger partial charge in [-0.2, -0.15) is 0 Å². The zero-order chi connectivity index (χ0) is 22.9. The standard InChI is InChI=1S/C24H33N5O2S/c1-4-15-29-22(21(17(2)3)26-23(31)18-11-7-5-8-12-18)27-28-24(29)32-16-20(30)25-19-13-9-6-10-14-19/h4-5,7-8,11-12,17,19,21H,1,6,9-10,13-16H2,2-3H3,(H,25,30)(H,26,31)/t21-/m1/s1. The first-order valence-corrected chi connectivity index (χ1v) is 12.3. The van der Waals surface area contributed by atoms with E-state index in [9.17, 15) is 9.59 Å². The van der Waals surface area contributed by atoms with E-state index in [4.69, 9.17) is 0 Å². The van der Waals surface area contributed by atoms with Crippen molar-refractivity contribution in [2.75, 3.05) is 5.75 Å². The highest BCUT2D eigenvalue weighted by atomic mass is 32.2. The van der Waals surface area contributed by atoms with Gasteiger partial charge in [-0.3, -0.25) is 9.59 Å². The van der Waals surface area contributed by atoms with Gasteiger partial charge in [-0.05, 0) is 30.9 Å². The molecule has 2 aromatic rings. The Balaban J connectivity index is 1.70. The minimum absolute atomic E-state index is 0.0226. The molecule has 0 radical (unpaired) electrons. The first kappa shape index (κ1) is 24.0. The van der Waals surface area contributed by atoms with Gasteiger partial charge in [0.05, 0.1) is 11.8 Å². The first-order chi connectivity index (χ1) is 15.5. The molecule has 172 valence electrons. The van der Waals surface area contributed by atoms with Gasteiger partial charge in [0.1, 0.15) is 0 Å². The molecule has 3 rings (SSSR count). The zero-order valence-corrected chi connectivity index (χ0v) is 19.7. The Labute approximate surface area is 194 Å². The number of amides is 2. The van der Waals surface area contributed by atoms with E-state index >= 15 is 0 Å². The van der Waals surface area contributed by atoms with Gasteiger partial charge in [0.15, 0.2) is 11.0 Å². The third-order valence-electron chi connectivity index (χ3n) is 5.63. The smallest absolute Gasteiger partial charge is 0.251 e. The van der Waals surface area contributed by atoms with Crippen LogP contribution >= 0.6 is 11.8 Å². The first-order valence-electron chi connectivity index (χ1n) is 11.3. The summed E-state index contributed by atoms with van der Waals surface area (Å²) < 4.78 is 1.93. The Kier molecular flexibility index (Phi) is 8.90. The third kappa shape index (κ3) is 6.45. The van der Waals surface area contributed by atoms with Gasteiger partial charge in [-0.15, -0.1) is 16.8 Å². The van der Waals surface area contributed by atoms with Crippen molar-refractivity contribution in [1.29, 1.82) is 0 Å². The molecule has 0 bridgehead atoms. The second-order valence-corrected chi connectivity index (χ2v) is 9.43. The molecule has 0 spiro atoms. The van der Waals surface area contributed by atoms with Gasteiger partial charge in [-0.25, -0.2) is 0 Å². The van der Waals surface area contributed by atoms with Crippen molar-refractivity contribution in [3.05, 3.63) is 54.4 Å². The summed E-state index contributed by atoms with van der Waals surface area (Å²) in [6.45, 7) is 8.42. The Hall–Kier alpha value is -2.61. The number of thioether (sulfide) groups is 1. The highest BCUT2D eigenvalue weighted by Crippen LogP contribution is 2.26. The number of nitrogens with zero attached hydrogens (tertiary/aromatic N) is 3. The van der Waals surface area contributed by atoms with Gasteiger partial charge >= 0.3 is 0 Å². The Bertz CT molecular complexity index is 906. The van der Waals surface area contributed by atoms with E-state index in [2.05, 4.69) is 27.4 Å². The van der Waals surface area contributed by atoms with Crippen molar-refractivity contribution in [2.45, 2.75) is 69.7 Å². The van der Waals surface area contributed by atoms with Crippen molar-refractivity contribution in [1.82, 2.24) is 25.4 Å². The Morgan fingerprint density at radius 3 is 2.56 bits per heavy atom. The molecular weight excluding hydrogens is 422 g/mol. The highest BCUT2D eigenvalue weighted by molar-refractivity contribution is 7.99. The fourth-order valence-electron chi connectivity index (χ4n) is 3.93. The summed E-state index contributed by atoms with van der Waals surface area (Å²) in [5, 5.41) is 15.6. The molecular formula is C24H33N5O2S. The molecule has 32 heavy (non-hydrogen) atoms. The summed E-state index contributed by atoms with van der Waals surface area (Å²) in [5.74, 6) is 0.921. The number of rotatable bonds is 10. The van der Waals surface area contributed by atoms with E-state index in [1.54, 1.807) is 18.2 Å². The van der Waals surface area contributed by atoms with Gasteiger partial charge in [0.25, 0.3) is 5.91 Å². The van der Waals surface area contributed by atoms with Crippen LogP contribution in [0.25, 0.3) is 0 Å². The van der Waals surface area contributed by atoms with Crippen LogP contribution in [-0.2, 0) is 11.3 Å². The van der Waals surface area contributed by atoms with Crippen LogP contribution < -0.4 is 10.6 Å². The maximum absolute atomic E-state index is 12.8. The van der Waals surface area contributed by atoms with E-state index in [1.807, 2.05) is 36.6 Å². The van der Waals surface area contributed by atoms with Crippen molar-refractivity contribution in [2.24, 2.45) is 5.92 Å². The predicted molar refractivity (Wildman–Crippen MR) is 127 cm³/mol. The molecule has 8 heteroatoms. The van der Waals surface area contributed by atoms with E-state index in [1.165, 1.54) is 31.0 Å². The number of aromatic nitrogens is 3. The van der Waals surface area contributed by atoms with Crippen molar-refractivity contribution < 1.29 is 9.59 Å². The molecule has 0 unspecified atom stereocenters. The fourth-order valence-corrected chi connectivity index (χ4v) is 4.69. The maximum atomic E-state index is 12.8. The van der Waals surface area contributed by atoms with Gasteiger partial charge < -0.3 is 15.2 Å². The molecule has 1 fully saturated rings. The summed E-state index contributed by atoms with van der Waals surface area (Å²) >= 11 is 1.37. The Morgan fingerprint density at radius 1 is 1.19 bits per heavy atom. The van der Waals surface area contributed by atoms with Crippen LogP contribution in [0.5, 0.6) is 0 Å². The zero-order valence-electron chi connectivity index (χ0n) is 18.9. The second-order valence-electron chi connectivity index (χ2n) is 8.49. The maximum Gasteiger partial charge on any atom is 0.251 e. The molecule has 1 aromatic carbocycles. The molecule has 0 aliphatic heterocycles. The second kappa shape index (κ2) is 11.9. The Morgan fingerprint density at radius 2 is 1.91 bits per heavy atom. The summed E-state index contributed by atoms with van der Waals surface area (Å²) in [7, 11) is 0. The lowest BCUT2D eigenvalue weighted by molar-refractivity contribution is -0.119. The topological polar surface area (TPSA) is 88.9 Å². The van der Waals surface area contributed by atoms with E-state index in [-0.39, 0.29) is 35.6 Å². The average molecular weight is 456 g/mol. The van der Waals surface area contributed by atoms with Crippen LogP contribution in [0, 0.1) is 5.92 Å². The average Bonchev–Trinajstić information content (AvgIpc) is 3.19. The summed E-state index contributed by atoms with van der Waals surface area (Å²) in [6.07, 6.45) is 7.51. The van der Waals surface area contributed by atoms with Crippen molar-refractivity contribution >= 4 is 23.6 Å². The predicted octanol–water partition coefficient (Wildman–Crippen LogP) is 4.13. The number of hydrogen-bond acceptors (Lipinski definition) is 5. The normalized spacial score (nSPS) is 15.3. The van der Waals surface area contributed by atoms with Gasteiger partial charge in [0.2, 0.25) is 5.91 Å². The molecule has 7 nitrogen and oxygen atoms in total. The highest BCUT2D eigenvalue weighted by Gasteiger charge is 2.26. The number of benzene rings is 1. The molecule has 1 heterocycles. The third-order valence-corrected chi connectivity index (χ3v) is 6.59. The van der Waals surface area contributed by atoms with Crippen LogP contribution in [-0.4, -0.2) is 38.4 Å². The minimum Gasteiger partial charge on any atom is -0.353 e. The van der Waals surface area contributed by atoms with Crippen LogP contribution in [0.2, 0.25) is 0 Å². The fraction of sp³-hybridized carbons (Fsp3) is 0.500. The van der Waals surface area contributed by atoms with Crippen LogP contribution in [0.4, 0.5) is 0 Å². The molecule has 1 aliphatic carbocycles. The quantitative estimate of drug-likeness (QED) is 0.415. The molecule has 1 aliphatic rings. The van der Waals surface area contributed by atoms with Crippen molar-refractivity contribution in [3.63, 3.8) is 0 Å². The molecule has 1 atom stereocenters. The lowest BCUT2D eigenvalue weighted by Crippen LogP contribution is -2.37. The van der Waals surface area contributed by atoms with Crippen LogP contribution in [0.1, 0.15) is 68.2 Å².